The number of nitrogens with zero attached hydrogens (tertiary/aromatic N) is 1. The zero-order valence-corrected chi connectivity index (χ0v) is 16.1. The summed E-state index contributed by atoms with van der Waals surface area (Å²) in [4.78, 5) is 14.8. The number of para-hydroxylation sites is 1. The molecule has 3 rings (SSSR count). The maximum absolute atomic E-state index is 13.6. The van der Waals surface area contributed by atoms with Crippen LogP contribution in [0.1, 0.15) is 22.0 Å². The van der Waals surface area contributed by atoms with Crippen molar-refractivity contribution in [2.75, 3.05) is 26.7 Å². The average molecular weight is 430 g/mol. The van der Waals surface area contributed by atoms with Crippen LogP contribution >= 0.6 is 28.3 Å². The molecule has 2 aromatic carbocycles. The van der Waals surface area contributed by atoms with Gasteiger partial charge in [0.05, 0.1) is 18.7 Å². The molecule has 25 heavy (non-hydrogen) atoms. The van der Waals surface area contributed by atoms with Crippen LogP contribution in [0.4, 0.5) is 4.39 Å². The number of amides is 1. The van der Waals surface area contributed by atoms with E-state index in [1.807, 2.05) is 24.3 Å². The third kappa shape index (κ3) is 4.14. The Morgan fingerprint density at radius 1 is 1.32 bits per heavy atom. The van der Waals surface area contributed by atoms with Gasteiger partial charge < -0.3 is 15.0 Å². The fraction of sp³-hybridized carbons (Fsp3) is 0.278. The molecule has 7 heteroatoms. The first kappa shape index (κ1) is 19.7. The molecule has 1 N–H and O–H groups in total. The van der Waals surface area contributed by atoms with Crippen LogP contribution in [0.3, 0.4) is 0 Å². The van der Waals surface area contributed by atoms with Crippen LogP contribution < -0.4 is 10.1 Å². The first-order valence-corrected chi connectivity index (χ1v) is 8.50. The van der Waals surface area contributed by atoms with Crippen LogP contribution in [0.2, 0.25) is 0 Å². The molecule has 1 amide bonds. The summed E-state index contributed by atoms with van der Waals surface area (Å²) in [6.45, 7) is 1.87. The lowest BCUT2D eigenvalue weighted by molar-refractivity contribution is 0.0630. The van der Waals surface area contributed by atoms with Crippen LogP contribution in [0, 0.1) is 5.82 Å². The van der Waals surface area contributed by atoms with E-state index >= 15 is 0 Å². The first-order valence-electron chi connectivity index (χ1n) is 7.71. The van der Waals surface area contributed by atoms with Crippen molar-refractivity contribution < 1.29 is 13.9 Å². The fourth-order valence-electron chi connectivity index (χ4n) is 2.98. The maximum Gasteiger partial charge on any atom is 0.255 e. The maximum atomic E-state index is 13.6. The van der Waals surface area contributed by atoms with Gasteiger partial charge in [-0.2, -0.15) is 0 Å². The molecule has 1 aliphatic rings. The van der Waals surface area contributed by atoms with E-state index in [1.165, 1.54) is 12.1 Å². The number of carbonyl (C=O) groups excluding carboxylic acids is 1. The lowest BCUT2D eigenvalue weighted by Gasteiger charge is -2.37. The van der Waals surface area contributed by atoms with Crippen LogP contribution in [0.25, 0.3) is 0 Å². The van der Waals surface area contributed by atoms with E-state index in [0.717, 1.165) is 11.3 Å². The van der Waals surface area contributed by atoms with E-state index in [9.17, 15) is 9.18 Å². The normalized spacial score (nSPS) is 16.9. The molecule has 0 bridgehead atoms. The molecule has 1 aliphatic heterocycles. The Balaban J connectivity index is 0.00000225. The van der Waals surface area contributed by atoms with Gasteiger partial charge in [0.25, 0.3) is 5.91 Å². The van der Waals surface area contributed by atoms with E-state index in [2.05, 4.69) is 21.2 Å². The smallest absolute Gasteiger partial charge is 0.255 e. The zero-order chi connectivity index (χ0) is 17.1. The van der Waals surface area contributed by atoms with Crippen molar-refractivity contribution in [1.29, 1.82) is 0 Å². The third-order valence-electron chi connectivity index (χ3n) is 4.16. The van der Waals surface area contributed by atoms with Crippen LogP contribution in [-0.4, -0.2) is 37.6 Å². The lowest BCUT2D eigenvalue weighted by atomic mass is 10.0. The first-order chi connectivity index (χ1) is 11.6. The summed E-state index contributed by atoms with van der Waals surface area (Å²) in [5.41, 5.74) is 1.27. The van der Waals surface area contributed by atoms with Crippen molar-refractivity contribution in [3.05, 3.63) is 63.9 Å². The Kier molecular flexibility index (Phi) is 6.81. The minimum absolute atomic E-state index is 0. The highest BCUT2D eigenvalue weighted by Crippen LogP contribution is 2.32. The lowest BCUT2D eigenvalue weighted by Crippen LogP contribution is -2.48. The number of hydrogen-bond acceptors (Lipinski definition) is 3. The second kappa shape index (κ2) is 8.65. The Morgan fingerprint density at radius 3 is 2.84 bits per heavy atom. The SMILES string of the molecule is COc1ccccc1C1CNCCN1C(=O)c1cc(F)ccc1Br.Cl. The highest BCUT2D eigenvalue weighted by atomic mass is 79.9. The molecule has 0 radical (unpaired) electrons. The van der Waals surface area contributed by atoms with Crippen LogP contribution in [0.15, 0.2) is 46.9 Å². The number of nitrogens with one attached hydrogen (secondary N) is 1. The van der Waals surface area contributed by atoms with Crippen molar-refractivity contribution in [3.8, 4) is 5.75 Å². The summed E-state index contributed by atoms with van der Waals surface area (Å²) in [5.74, 6) is 0.117. The number of carbonyl (C=O) groups is 1. The minimum atomic E-state index is -0.425. The molecule has 1 atom stereocenters. The Bertz CT molecular complexity index is 760. The third-order valence-corrected chi connectivity index (χ3v) is 4.85. The summed E-state index contributed by atoms with van der Waals surface area (Å²) in [6.07, 6.45) is 0. The fourth-order valence-corrected chi connectivity index (χ4v) is 3.40. The van der Waals surface area contributed by atoms with E-state index < -0.39 is 5.82 Å². The predicted octanol–water partition coefficient (Wildman–Crippen LogP) is 3.81. The zero-order valence-electron chi connectivity index (χ0n) is 13.7. The second-order valence-electron chi connectivity index (χ2n) is 5.58. The van der Waals surface area contributed by atoms with Gasteiger partial charge in [-0.25, -0.2) is 4.39 Å². The summed E-state index contributed by atoms with van der Waals surface area (Å²) >= 11 is 3.35. The van der Waals surface area contributed by atoms with Gasteiger partial charge in [-0.1, -0.05) is 18.2 Å². The molecule has 1 heterocycles. The van der Waals surface area contributed by atoms with E-state index in [1.54, 1.807) is 18.1 Å². The molecule has 4 nitrogen and oxygen atoms in total. The molecule has 1 saturated heterocycles. The number of benzene rings is 2. The summed E-state index contributed by atoms with van der Waals surface area (Å²) in [5, 5.41) is 3.31. The largest absolute Gasteiger partial charge is 0.496 e. The number of methoxy groups -OCH3 is 1. The quantitative estimate of drug-likeness (QED) is 0.807. The number of hydrogen-bond donors (Lipinski definition) is 1. The summed E-state index contributed by atoms with van der Waals surface area (Å²) < 4.78 is 19.6. The Morgan fingerprint density at radius 2 is 2.08 bits per heavy atom. The molecule has 2 aromatic rings. The van der Waals surface area contributed by atoms with Gasteiger partial charge in [0.15, 0.2) is 0 Å². The predicted molar refractivity (Wildman–Crippen MR) is 101 cm³/mol. The molecular formula is C18H19BrClFN2O2. The summed E-state index contributed by atoms with van der Waals surface area (Å²) in [6, 6.07) is 11.6. The van der Waals surface area contributed by atoms with Crippen LogP contribution in [-0.2, 0) is 0 Å². The number of ether oxygens (including phenoxy) is 1. The molecule has 0 spiro atoms. The minimum Gasteiger partial charge on any atom is -0.496 e. The molecule has 1 fully saturated rings. The Labute approximate surface area is 160 Å². The van der Waals surface area contributed by atoms with Crippen molar-refractivity contribution >= 4 is 34.2 Å². The molecule has 0 aliphatic carbocycles. The van der Waals surface area contributed by atoms with Crippen molar-refractivity contribution in [3.63, 3.8) is 0 Å². The van der Waals surface area contributed by atoms with Gasteiger partial charge in [0.1, 0.15) is 11.6 Å². The second-order valence-corrected chi connectivity index (χ2v) is 6.44. The summed E-state index contributed by atoms with van der Waals surface area (Å²) in [7, 11) is 1.62. The number of rotatable bonds is 3. The molecule has 0 saturated carbocycles. The standard InChI is InChI=1S/C18H18BrFN2O2.ClH/c1-24-17-5-3-2-4-13(17)16-11-21-8-9-22(16)18(23)14-10-12(20)6-7-15(14)19;/h2-7,10,16,21H,8-9,11H2,1H3;1H. The molecule has 0 aromatic heterocycles. The van der Waals surface area contributed by atoms with E-state index in [-0.39, 0.29) is 24.4 Å². The molecule has 134 valence electrons. The molecular weight excluding hydrogens is 411 g/mol. The van der Waals surface area contributed by atoms with Crippen molar-refractivity contribution in [1.82, 2.24) is 10.2 Å². The number of piperazine rings is 1. The van der Waals surface area contributed by atoms with Gasteiger partial charge in [0, 0.05) is 29.7 Å². The van der Waals surface area contributed by atoms with Crippen LogP contribution in [0.5, 0.6) is 5.75 Å². The Hall–Kier alpha value is -1.63. The monoisotopic (exact) mass is 428 g/mol. The van der Waals surface area contributed by atoms with Gasteiger partial charge in [-0.05, 0) is 40.2 Å². The van der Waals surface area contributed by atoms with E-state index in [0.29, 0.717) is 29.7 Å². The van der Waals surface area contributed by atoms with Crippen molar-refractivity contribution in [2.24, 2.45) is 0 Å². The molecule has 1 unspecified atom stereocenters. The van der Waals surface area contributed by atoms with Gasteiger partial charge in [0.2, 0.25) is 0 Å². The van der Waals surface area contributed by atoms with Crippen molar-refractivity contribution in [2.45, 2.75) is 6.04 Å². The van der Waals surface area contributed by atoms with Gasteiger partial charge in [-0.3, -0.25) is 4.79 Å². The van der Waals surface area contributed by atoms with E-state index in [4.69, 9.17) is 4.74 Å². The van der Waals surface area contributed by atoms with Gasteiger partial charge >= 0.3 is 0 Å². The number of halogens is 3. The topological polar surface area (TPSA) is 41.6 Å². The highest BCUT2D eigenvalue weighted by Gasteiger charge is 2.31. The average Bonchev–Trinajstić information content (AvgIpc) is 2.63. The van der Waals surface area contributed by atoms with Gasteiger partial charge in [-0.15, -0.1) is 12.4 Å². The highest BCUT2D eigenvalue weighted by molar-refractivity contribution is 9.10.